The second-order valence-electron chi connectivity index (χ2n) is 9.02. The number of nitrogens with zero attached hydrogens (tertiary/aromatic N) is 2. The molecule has 2 amide bonds. The van der Waals surface area contributed by atoms with E-state index in [1.54, 1.807) is 18.2 Å². The molecule has 0 fully saturated rings. The zero-order valence-electron chi connectivity index (χ0n) is 19.0. The third kappa shape index (κ3) is 4.43. The molecule has 2 aliphatic heterocycles. The largest absolute Gasteiger partial charge is 0.279 e. The van der Waals surface area contributed by atoms with Gasteiger partial charge in [0.05, 0.1) is 26.7 Å². The van der Waals surface area contributed by atoms with E-state index in [9.17, 15) is 18.0 Å². The predicted molar refractivity (Wildman–Crippen MR) is 133 cm³/mol. The molecule has 34 heavy (non-hydrogen) atoms. The van der Waals surface area contributed by atoms with Crippen molar-refractivity contribution in [1.82, 2.24) is 4.90 Å². The minimum absolute atomic E-state index is 0.0120. The summed E-state index contributed by atoms with van der Waals surface area (Å²) in [5, 5.41) is 0.0650. The van der Waals surface area contributed by atoms with Gasteiger partial charge in [0.15, 0.2) is 0 Å². The van der Waals surface area contributed by atoms with E-state index in [0.29, 0.717) is 12.8 Å². The Kier molecular flexibility index (Phi) is 6.22. The Morgan fingerprint density at radius 1 is 0.971 bits per heavy atom. The van der Waals surface area contributed by atoms with Gasteiger partial charge in [0, 0.05) is 12.6 Å². The van der Waals surface area contributed by atoms with Crippen LogP contribution in [-0.2, 0) is 15.4 Å². The van der Waals surface area contributed by atoms with Crippen molar-refractivity contribution in [2.75, 3.05) is 4.72 Å². The Hall–Kier alpha value is -3.23. The highest BCUT2D eigenvalue weighted by molar-refractivity contribution is 7.92. The third-order valence-electron chi connectivity index (χ3n) is 5.61. The summed E-state index contributed by atoms with van der Waals surface area (Å²) in [6, 6.07) is 9.33. The SMILES string of the molecule is CC(C)(C)c1ccc(S(=O)(=O)Nc2ccc(Cl)c3c2C(=O)N(/C2=N/C=C\C=C/CC2)C3=O)cc1. The van der Waals surface area contributed by atoms with E-state index < -0.39 is 21.8 Å². The summed E-state index contributed by atoms with van der Waals surface area (Å²) in [5.41, 5.74) is 0.713. The van der Waals surface area contributed by atoms with Gasteiger partial charge < -0.3 is 0 Å². The topological polar surface area (TPSA) is 95.9 Å². The van der Waals surface area contributed by atoms with Gasteiger partial charge >= 0.3 is 0 Å². The van der Waals surface area contributed by atoms with Crippen molar-refractivity contribution in [3.8, 4) is 0 Å². The van der Waals surface area contributed by atoms with Crippen molar-refractivity contribution >= 4 is 45.0 Å². The minimum atomic E-state index is -4.03. The van der Waals surface area contributed by atoms with Crippen molar-refractivity contribution in [2.45, 2.75) is 43.9 Å². The van der Waals surface area contributed by atoms with Crippen LogP contribution in [0.5, 0.6) is 0 Å². The van der Waals surface area contributed by atoms with E-state index >= 15 is 0 Å². The van der Waals surface area contributed by atoms with Crippen LogP contribution < -0.4 is 4.72 Å². The van der Waals surface area contributed by atoms with E-state index in [1.165, 1.54) is 30.5 Å². The number of hydrogen-bond donors (Lipinski definition) is 1. The Bertz CT molecular complexity index is 1370. The molecule has 0 bridgehead atoms. The fourth-order valence-corrected chi connectivity index (χ4v) is 5.09. The molecule has 0 aliphatic carbocycles. The molecule has 0 atom stereocenters. The Morgan fingerprint density at radius 3 is 2.32 bits per heavy atom. The van der Waals surface area contributed by atoms with Crippen LogP contribution in [-0.4, -0.2) is 31.0 Å². The second-order valence-corrected chi connectivity index (χ2v) is 11.1. The average molecular weight is 498 g/mol. The molecule has 1 N–H and O–H groups in total. The lowest BCUT2D eigenvalue weighted by atomic mass is 9.87. The van der Waals surface area contributed by atoms with Crippen LogP contribution in [0.1, 0.15) is 59.9 Å². The van der Waals surface area contributed by atoms with E-state index in [-0.39, 0.29) is 38.0 Å². The van der Waals surface area contributed by atoms with E-state index in [0.717, 1.165) is 10.5 Å². The van der Waals surface area contributed by atoms with Crippen molar-refractivity contribution < 1.29 is 18.0 Å². The van der Waals surface area contributed by atoms with Gasteiger partial charge in [-0.05, 0) is 47.7 Å². The van der Waals surface area contributed by atoms with Crippen LogP contribution >= 0.6 is 11.6 Å². The molecule has 2 aromatic carbocycles. The number of sulfonamides is 1. The fourth-order valence-electron chi connectivity index (χ4n) is 3.78. The van der Waals surface area contributed by atoms with Gasteiger partial charge in [-0.3, -0.25) is 14.3 Å². The first kappa shape index (κ1) is 23.9. The number of carbonyl (C=O) groups is 2. The normalized spacial score (nSPS) is 19.6. The van der Waals surface area contributed by atoms with Crippen LogP contribution in [0.4, 0.5) is 5.69 Å². The number of halogens is 1. The molecule has 176 valence electrons. The molecule has 0 aromatic heterocycles. The second kappa shape index (κ2) is 8.85. The van der Waals surface area contributed by atoms with Crippen LogP contribution in [0.25, 0.3) is 0 Å². The summed E-state index contributed by atoms with van der Waals surface area (Å²) in [4.78, 5) is 31.8. The monoisotopic (exact) mass is 497 g/mol. The first-order valence-corrected chi connectivity index (χ1v) is 12.6. The van der Waals surface area contributed by atoms with E-state index in [4.69, 9.17) is 11.6 Å². The zero-order valence-corrected chi connectivity index (χ0v) is 20.6. The fraction of sp³-hybridized carbons (Fsp3) is 0.240. The first-order chi connectivity index (χ1) is 16.0. The standard InChI is InChI=1S/C25H24ClN3O4S/c1-25(2,3)16-9-11-17(12-10-16)34(32,33)28-19-14-13-18(26)21-22(19)24(31)29(23(21)30)20-8-6-4-5-7-15-27-20/h4-5,7,9-15,28H,6,8H2,1-3H3/b5-4-,15-7-,27-20+. The van der Waals surface area contributed by atoms with Crippen molar-refractivity contribution in [2.24, 2.45) is 4.99 Å². The van der Waals surface area contributed by atoms with Gasteiger partial charge in [-0.2, -0.15) is 0 Å². The summed E-state index contributed by atoms with van der Waals surface area (Å²) in [7, 11) is -4.03. The number of imide groups is 1. The maximum Gasteiger partial charge on any atom is 0.269 e. The maximum atomic E-state index is 13.3. The van der Waals surface area contributed by atoms with Crippen LogP contribution in [0, 0.1) is 0 Å². The molecule has 0 saturated heterocycles. The lowest BCUT2D eigenvalue weighted by Crippen LogP contribution is -2.36. The summed E-state index contributed by atoms with van der Waals surface area (Å²) in [6.07, 6.45) is 7.90. The van der Waals surface area contributed by atoms with Gasteiger partial charge in [0.25, 0.3) is 21.8 Å². The number of rotatable bonds is 3. The summed E-state index contributed by atoms with van der Waals surface area (Å²) >= 11 is 6.27. The number of hydrogen-bond acceptors (Lipinski definition) is 5. The number of aliphatic imine (C=N–C) groups is 1. The lowest BCUT2D eigenvalue weighted by molar-refractivity contribution is 0.0746. The molecule has 0 unspecified atom stereocenters. The van der Waals surface area contributed by atoms with Crippen molar-refractivity contribution in [3.63, 3.8) is 0 Å². The Labute approximate surface area is 203 Å². The van der Waals surface area contributed by atoms with Crippen LogP contribution in [0.3, 0.4) is 0 Å². The zero-order chi connectivity index (χ0) is 24.7. The lowest BCUT2D eigenvalue weighted by Gasteiger charge is -2.19. The molecule has 2 aliphatic rings. The molecule has 7 nitrogen and oxygen atoms in total. The first-order valence-electron chi connectivity index (χ1n) is 10.7. The van der Waals surface area contributed by atoms with Gasteiger partial charge in [0.2, 0.25) is 0 Å². The molecular formula is C25H24ClN3O4S. The molecule has 0 radical (unpaired) electrons. The number of nitrogens with one attached hydrogen (secondary N) is 1. The number of allylic oxidation sites excluding steroid dienone is 3. The molecular weight excluding hydrogens is 474 g/mol. The maximum absolute atomic E-state index is 13.3. The average Bonchev–Trinajstić information content (AvgIpc) is 3.01. The number of carbonyl (C=O) groups excluding carboxylic acids is 2. The summed E-state index contributed by atoms with van der Waals surface area (Å²) < 4.78 is 28.7. The highest BCUT2D eigenvalue weighted by Crippen LogP contribution is 2.36. The number of benzene rings is 2. The summed E-state index contributed by atoms with van der Waals surface area (Å²) in [5.74, 6) is -1.02. The molecule has 9 heteroatoms. The minimum Gasteiger partial charge on any atom is -0.279 e. The Morgan fingerprint density at radius 2 is 1.65 bits per heavy atom. The van der Waals surface area contributed by atoms with Gasteiger partial charge in [-0.15, -0.1) is 0 Å². The van der Waals surface area contributed by atoms with E-state index in [2.05, 4.69) is 9.71 Å². The smallest absolute Gasteiger partial charge is 0.269 e. The quantitative estimate of drug-likeness (QED) is 0.582. The van der Waals surface area contributed by atoms with Gasteiger partial charge in [-0.1, -0.05) is 56.7 Å². The van der Waals surface area contributed by atoms with Crippen molar-refractivity contribution in [3.05, 3.63) is 82.5 Å². The number of anilines is 1. The number of amides is 2. The summed E-state index contributed by atoms with van der Waals surface area (Å²) in [6.45, 7) is 6.10. The highest BCUT2D eigenvalue weighted by atomic mass is 35.5. The molecule has 4 rings (SSSR count). The van der Waals surface area contributed by atoms with Crippen LogP contribution in [0.15, 0.2) is 70.7 Å². The van der Waals surface area contributed by atoms with Gasteiger partial charge in [0.1, 0.15) is 5.84 Å². The van der Waals surface area contributed by atoms with E-state index in [1.807, 2.05) is 32.9 Å². The molecule has 0 spiro atoms. The third-order valence-corrected chi connectivity index (χ3v) is 7.31. The predicted octanol–water partition coefficient (Wildman–Crippen LogP) is 5.30. The van der Waals surface area contributed by atoms with Crippen molar-refractivity contribution in [1.29, 1.82) is 0 Å². The van der Waals surface area contributed by atoms with Crippen LogP contribution in [0.2, 0.25) is 5.02 Å². The number of fused-ring (bicyclic) bond motifs is 1. The molecule has 0 saturated carbocycles. The Balaban J connectivity index is 1.71. The van der Waals surface area contributed by atoms with Gasteiger partial charge in [-0.25, -0.2) is 18.3 Å². The number of amidine groups is 1. The molecule has 2 heterocycles. The molecule has 2 aromatic rings. The highest BCUT2D eigenvalue weighted by Gasteiger charge is 2.42.